The molecule has 0 bridgehead atoms. The van der Waals surface area contributed by atoms with Gasteiger partial charge in [0.2, 0.25) is 0 Å². The van der Waals surface area contributed by atoms with Crippen molar-refractivity contribution in [3.8, 4) is 0 Å². The van der Waals surface area contributed by atoms with E-state index in [1.165, 1.54) is 5.56 Å². The molecule has 2 nitrogen and oxygen atoms in total. The molecule has 0 saturated heterocycles. The Morgan fingerprint density at radius 3 is 2.53 bits per heavy atom. The smallest absolute Gasteiger partial charge is 0.0542 e. The quantitative estimate of drug-likeness (QED) is 0.754. The van der Waals surface area contributed by atoms with Crippen molar-refractivity contribution in [2.24, 2.45) is 0 Å². The van der Waals surface area contributed by atoms with Crippen LogP contribution in [0, 0.1) is 3.57 Å². The van der Waals surface area contributed by atoms with Gasteiger partial charge in [-0.25, -0.2) is 0 Å². The third kappa shape index (κ3) is 6.04. The molecule has 0 radical (unpaired) electrons. The predicted molar refractivity (Wildman–Crippen MR) is 83.6 cm³/mol. The van der Waals surface area contributed by atoms with Crippen molar-refractivity contribution < 1.29 is 0 Å². The van der Waals surface area contributed by atoms with Crippen LogP contribution in [-0.2, 0) is 6.54 Å². The van der Waals surface area contributed by atoms with Gasteiger partial charge in [-0.15, -0.1) is 0 Å². The van der Waals surface area contributed by atoms with E-state index in [4.69, 9.17) is 11.6 Å². The minimum absolute atomic E-state index is 0.454. The van der Waals surface area contributed by atoms with Crippen LogP contribution < -0.4 is 10.6 Å². The van der Waals surface area contributed by atoms with Gasteiger partial charge in [0.1, 0.15) is 0 Å². The Kier molecular flexibility index (Phi) is 6.77. The molecule has 4 heteroatoms. The predicted octanol–water partition coefficient (Wildman–Crippen LogP) is 3.42. The summed E-state index contributed by atoms with van der Waals surface area (Å²) in [4.78, 5) is 0. The first kappa shape index (κ1) is 15.2. The van der Waals surface area contributed by atoms with E-state index in [1.54, 1.807) is 0 Å². The SMILES string of the molecule is CC(C)NCC(C)NCc1ccc(I)c(Cl)c1. The molecular weight excluding hydrogens is 347 g/mol. The molecule has 1 atom stereocenters. The number of halogens is 2. The fourth-order valence-electron chi connectivity index (χ4n) is 1.43. The van der Waals surface area contributed by atoms with Gasteiger partial charge in [0.25, 0.3) is 0 Å². The van der Waals surface area contributed by atoms with Gasteiger partial charge in [-0.2, -0.15) is 0 Å². The molecule has 0 aliphatic carbocycles. The molecule has 1 aromatic rings. The van der Waals surface area contributed by atoms with Crippen molar-refractivity contribution in [2.75, 3.05) is 6.54 Å². The summed E-state index contributed by atoms with van der Waals surface area (Å²) in [5.74, 6) is 0. The molecule has 0 aromatic heterocycles. The highest BCUT2D eigenvalue weighted by Gasteiger charge is 2.03. The van der Waals surface area contributed by atoms with Crippen LogP contribution in [0.3, 0.4) is 0 Å². The molecule has 0 heterocycles. The Bertz CT molecular complexity index is 355. The Morgan fingerprint density at radius 1 is 1.24 bits per heavy atom. The van der Waals surface area contributed by atoms with Gasteiger partial charge < -0.3 is 10.6 Å². The first-order valence-electron chi connectivity index (χ1n) is 5.89. The van der Waals surface area contributed by atoms with E-state index in [0.29, 0.717) is 12.1 Å². The molecule has 0 saturated carbocycles. The number of benzene rings is 1. The van der Waals surface area contributed by atoms with Gasteiger partial charge in [0.05, 0.1) is 5.02 Å². The average Bonchev–Trinajstić information content (AvgIpc) is 2.28. The van der Waals surface area contributed by atoms with Crippen molar-refractivity contribution in [2.45, 2.75) is 39.4 Å². The molecular formula is C13H20ClIN2. The van der Waals surface area contributed by atoms with Gasteiger partial charge in [-0.3, -0.25) is 0 Å². The van der Waals surface area contributed by atoms with E-state index in [-0.39, 0.29) is 0 Å². The highest BCUT2D eigenvalue weighted by molar-refractivity contribution is 14.1. The molecule has 0 spiro atoms. The molecule has 1 aromatic carbocycles. The van der Waals surface area contributed by atoms with E-state index >= 15 is 0 Å². The Balaban J connectivity index is 2.36. The van der Waals surface area contributed by atoms with Crippen molar-refractivity contribution in [3.63, 3.8) is 0 Å². The monoisotopic (exact) mass is 366 g/mol. The van der Waals surface area contributed by atoms with Crippen LogP contribution in [0.1, 0.15) is 26.3 Å². The average molecular weight is 367 g/mol. The summed E-state index contributed by atoms with van der Waals surface area (Å²) in [6.45, 7) is 8.34. The van der Waals surface area contributed by atoms with Crippen molar-refractivity contribution >= 4 is 34.2 Å². The lowest BCUT2D eigenvalue weighted by Gasteiger charge is -2.16. The van der Waals surface area contributed by atoms with Crippen molar-refractivity contribution in [1.82, 2.24) is 10.6 Å². The standard InChI is InChI=1S/C13H20ClIN2/c1-9(2)16-7-10(3)17-8-11-4-5-13(15)12(14)6-11/h4-6,9-10,16-17H,7-8H2,1-3H3. The zero-order valence-electron chi connectivity index (χ0n) is 10.6. The van der Waals surface area contributed by atoms with Crippen LogP contribution >= 0.6 is 34.2 Å². The Labute approximate surface area is 123 Å². The van der Waals surface area contributed by atoms with Crippen LogP contribution in [-0.4, -0.2) is 18.6 Å². The molecule has 96 valence electrons. The first-order valence-corrected chi connectivity index (χ1v) is 7.35. The van der Waals surface area contributed by atoms with Crippen molar-refractivity contribution in [1.29, 1.82) is 0 Å². The summed E-state index contributed by atoms with van der Waals surface area (Å²) in [7, 11) is 0. The maximum absolute atomic E-state index is 6.08. The highest BCUT2D eigenvalue weighted by Crippen LogP contribution is 2.19. The van der Waals surface area contributed by atoms with Crippen LogP contribution in [0.2, 0.25) is 5.02 Å². The second-order valence-corrected chi connectivity index (χ2v) is 6.16. The Hall–Kier alpha value is 0.160. The van der Waals surface area contributed by atoms with E-state index in [9.17, 15) is 0 Å². The summed E-state index contributed by atoms with van der Waals surface area (Å²) in [6, 6.07) is 7.18. The zero-order valence-corrected chi connectivity index (χ0v) is 13.5. The second kappa shape index (κ2) is 7.56. The van der Waals surface area contributed by atoms with E-state index in [2.05, 4.69) is 66.1 Å². The Morgan fingerprint density at radius 2 is 1.94 bits per heavy atom. The van der Waals surface area contributed by atoms with Crippen LogP contribution in [0.25, 0.3) is 0 Å². The number of rotatable bonds is 6. The molecule has 17 heavy (non-hydrogen) atoms. The molecule has 0 fully saturated rings. The van der Waals surface area contributed by atoms with Gasteiger partial charge in [0.15, 0.2) is 0 Å². The summed E-state index contributed by atoms with van der Waals surface area (Å²) in [5, 5.41) is 7.72. The highest BCUT2D eigenvalue weighted by atomic mass is 127. The molecule has 0 amide bonds. The number of nitrogens with one attached hydrogen (secondary N) is 2. The lowest BCUT2D eigenvalue weighted by Crippen LogP contribution is -2.38. The second-order valence-electron chi connectivity index (χ2n) is 4.59. The van der Waals surface area contributed by atoms with Gasteiger partial charge in [-0.1, -0.05) is 31.5 Å². The van der Waals surface area contributed by atoms with Crippen LogP contribution in [0.15, 0.2) is 18.2 Å². The fraction of sp³-hybridized carbons (Fsp3) is 0.538. The number of hydrogen-bond donors (Lipinski definition) is 2. The van der Waals surface area contributed by atoms with Crippen LogP contribution in [0.5, 0.6) is 0 Å². The topological polar surface area (TPSA) is 24.1 Å². The van der Waals surface area contributed by atoms with Crippen molar-refractivity contribution in [3.05, 3.63) is 32.4 Å². The van der Waals surface area contributed by atoms with E-state index < -0.39 is 0 Å². The van der Waals surface area contributed by atoms with Crippen LogP contribution in [0.4, 0.5) is 0 Å². The largest absolute Gasteiger partial charge is 0.313 e. The molecule has 2 N–H and O–H groups in total. The molecule has 0 aliphatic heterocycles. The fourth-order valence-corrected chi connectivity index (χ4v) is 1.96. The van der Waals surface area contributed by atoms with Gasteiger partial charge in [-0.05, 0) is 47.2 Å². The third-order valence-corrected chi connectivity index (χ3v) is 4.04. The molecule has 1 rings (SSSR count). The normalized spacial score (nSPS) is 13.1. The zero-order chi connectivity index (χ0) is 12.8. The molecule has 1 unspecified atom stereocenters. The minimum Gasteiger partial charge on any atom is -0.313 e. The summed E-state index contributed by atoms with van der Waals surface area (Å²) < 4.78 is 1.10. The summed E-state index contributed by atoms with van der Waals surface area (Å²) in [5.41, 5.74) is 1.23. The maximum atomic E-state index is 6.08. The third-order valence-electron chi connectivity index (χ3n) is 2.47. The van der Waals surface area contributed by atoms with E-state index in [1.807, 2.05) is 6.07 Å². The van der Waals surface area contributed by atoms with Gasteiger partial charge in [0, 0.05) is 28.7 Å². The lowest BCUT2D eigenvalue weighted by molar-refractivity contribution is 0.474. The lowest BCUT2D eigenvalue weighted by atomic mass is 10.2. The minimum atomic E-state index is 0.454. The van der Waals surface area contributed by atoms with E-state index in [0.717, 1.165) is 21.7 Å². The maximum Gasteiger partial charge on any atom is 0.0542 e. The summed E-state index contributed by atoms with van der Waals surface area (Å²) in [6.07, 6.45) is 0. The first-order chi connectivity index (χ1) is 7.99. The number of hydrogen-bond acceptors (Lipinski definition) is 2. The molecule has 0 aliphatic rings. The van der Waals surface area contributed by atoms with Gasteiger partial charge >= 0.3 is 0 Å². The summed E-state index contributed by atoms with van der Waals surface area (Å²) >= 11 is 8.33.